The number of benzene rings is 2. The van der Waals surface area contributed by atoms with Crippen molar-refractivity contribution >= 4 is 34.4 Å². The minimum atomic E-state index is -1.25. The second-order valence-corrected chi connectivity index (χ2v) is 8.39. The summed E-state index contributed by atoms with van der Waals surface area (Å²) in [7, 11) is 0. The van der Waals surface area contributed by atoms with Gasteiger partial charge in [-0.2, -0.15) is 0 Å². The number of amides is 2. The maximum Gasteiger partial charge on any atom is 0.413 e. The van der Waals surface area contributed by atoms with Crippen molar-refractivity contribution in [2.24, 2.45) is 0 Å². The van der Waals surface area contributed by atoms with Crippen molar-refractivity contribution in [2.75, 3.05) is 18.5 Å². The van der Waals surface area contributed by atoms with Gasteiger partial charge in [-0.1, -0.05) is 59.9 Å². The highest BCUT2D eigenvalue weighted by Gasteiger charge is 2.29. The number of carboxylic acid groups (broad SMARTS) is 1. The Morgan fingerprint density at radius 1 is 1.06 bits per heavy atom. The first-order valence-corrected chi connectivity index (χ1v) is 11.0. The zero-order valence-corrected chi connectivity index (χ0v) is 18.2. The summed E-state index contributed by atoms with van der Waals surface area (Å²) in [6.45, 7) is -0.242. The number of nitrogens with zero attached hydrogens (tertiary/aromatic N) is 1. The SMILES string of the molecule is O=C(Nc1ncc(C(=O)N[C@@H](CCO)C(=O)O)s1)OCC1c2ccccc2-c2ccccc21. The van der Waals surface area contributed by atoms with Crippen LogP contribution in [0.4, 0.5) is 9.93 Å². The summed E-state index contributed by atoms with van der Waals surface area (Å²) in [6, 6.07) is 14.8. The summed E-state index contributed by atoms with van der Waals surface area (Å²) in [5.74, 6) is -1.99. The van der Waals surface area contributed by atoms with Crippen molar-refractivity contribution in [2.45, 2.75) is 18.4 Å². The van der Waals surface area contributed by atoms with Gasteiger partial charge in [0.2, 0.25) is 0 Å². The molecule has 0 aliphatic heterocycles. The predicted molar refractivity (Wildman–Crippen MR) is 121 cm³/mol. The summed E-state index contributed by atoms with van der Waals surface area (Å²) < 4.78 is 5.45. The van der Waals surface area contributed by atoms with Gasteiger partial charge >= 0.3 is 12.1 Å². The first-order valence-electron chi connectivity index (χ1n) is 10.2. The number of aliphatic hydroxyl groups excluding tert-OH is 1. The third-order valence-electron chi connectivity index (χ3n) is 5.30. The minimum Gasteiger partial charge on any atom is -0.480 e. The average Bonchev–Trinajstić information content (AvgIpc) is 3.40. The molecule has 1 heterocycles. The Labute approximate surface area is 193 Å². The number of nitrogens with one attached hydrogen (secondary N) is 2. The van der Waals surface area contributed by atoms with Crippen LogP contribution in [-0.2, 0) is 9.53 Å². The number of fused-ring (bicyclic) bond motifs is 3. The van der Waals surface area contributed by atoms with Crippen LogP contribution in [-0.4, -0.2) is 52.4 Å². The molecule has 0 spiro atoms. The first-order chi connectivity index (χ1) is 16.0. The summed E-state index contributed by atoms with van der Waals surface area (Å²) in [4.78, 5) is 39.8. The molecule has 0 unspecified atom stereocenters. The van der Waals surface area contributed by atoms with Gasteiger partial charge in [-0.15, -0.1) is 0 Å². The van der Waals surface area contributed by atoms with E-state index in [-0.39, 0.29) is 35.6 Å². The number of carbonyl (C=O) groups is 3. The van der Waals surface area contributed by atoms with Crippen molar-refractivity contribution in [1.82, 2.24) is 10.3 Å². The van der Waals surface area contributed by atoms with Crippen LogP contribution < -0.4 is 10.6 Å². The molecule has 1 aliphatic rings. The number of aromatic nitrogens is 1. The maximum atomic E-state index is 12.4. The van der Waals surface area contributed by atoms with Gasteiger partial charge in [-0.25, -0.2) is 14.6 Å². The van der Waals surface area contributed by atoms with Crippen LogP contribution in [0, 0.1) is 0 Å². The second-order valence-electron chi connectivity index (χ2n) is 7.36. The maximum absolute atomic E-state index is 12.4. The number of anilines is 1. The van der Waals surface area contributed by atoms with E-state index in [1.54, 1.807) is 0 Å². The molecule has 2 aromatic carbocycles. The summed E-state index contributed by atoms with van der Waals surface area (Å²) in [6.07, 6.45) is 0.406. The molecule has 4 N–H and O–H groups in total. The molecule has 4 rings (SSSR count). The van der Waals surface area contributed by atoms with Crippen molar-refractivity contribution < 1.29 is 29.3 Å². The fraction of sp³-hybridized carbons (Fsp3) is 0.217. The lowest BCUT2D eigenvalue weighted by Crippen LogP contribution is -2.41. The molecule has 33 heavy (non-hydrogen) atoms. The van der Waals surface area contributed by atoms with Gasteiger partial charge in [0.05, 0.1) is 6.20 Å². The Bertz CT molecular complexity index is 1150. The number of rotatable bonds is 8. The van der Waals surface area contributed by atoms with Crippen molar-refractivity contribution in [3.8, 4) is 11.1 Å². The number of carboxylic acids is 1. The second kappa shape index (κ2) is 9.80. The number of ether oxygens (including phenoxy) is 1. The van der Waals surface area contributed by atoms with Gasteiger partial charge < -0.3 is 20.3 Å². The van der Waals surface area contributed by atoms with Gasteiger partial charge in [0.15, 0.2) is 5.13 Å². The lowest BCUT2D eigenvalue weighted by atomic mass is 9.98. The van der Waals surface area contributed by atoms with E-state index >= 15 is 0 Å². The minimum absolute atomic E-state index is 0.0831. The smallest absolute Gasteiger partial charge is 0.413 e. The molecule has 0 radical (unpaired) electrons. The molecule has 2 amide bonds. The van der Waals surface area contributed by atoms with E-state index in [4.69, 9.17) is 14.9 Å². The molecule has 3 aromatic rings. The zero-order valence-electron chi connectivity index (χ0n) is 17.4. The largest absolute Gasteiger partial charge is 0.480 e. The van der Waals surface area contributed by atoms with Crippen molar-refractivity contribution in [3.05, 3.63) is 70.7 Å². The van der Waals surface area contributed by atoms with E-state index in [1.165, 1.54) is 6.20 Å². The van der Waals surface area contributed by atoms with E-state index in [0.29, 0.717) is 0 Å². The molecule has 1 aromatic heterocycles. The number of hydrogen-bond donors (Lipinski definition) is 4. The van der Waals surface area contributed by atoms with Gasteiger partial charge in [-0.3, -0.25) is 10.1 Å². The Morgan fingerprint density at radius 3 is 2.30 bits per heavy atom. The van der Waals surface area contributed by atoms with Gasteiger partial charge in [0, 0.05) is 18.9 Å². The van der Waals surface area contributed by atoms with Gasteiger partial charge in [0.25, 0.3) is 5.91 Å². The standard InChI is InChI=1S/C23H21N3O6S/c27-10-9-18(21(29)30)25-20(28)19-11-24-22(33-19)26-23(31)32-12-17-15-7-3-1-5-13(15)14-6-2-4-8-16(14)17/h1-8,11,17-18,27H,9-10,12H2,(H,25,28)(H,29,30)(H,24,26,31)/t18-/m0/s1. The lowest BCUT2D eigenvalue weighted by molar-refractivity contribution is -0.139. The highest BCUT2D eigenvalue weighted by molar-refractivity contribution is 7.17. The number of aliphatic carboxylic acids is 1. The van der Waals surface area contributed by atoms with Crippen molar-refractivity contribution in [1.29, 1.82) is 0 Å². The number of carbonyl (C=O) groups excluding carboxylic acids is 2. The molecule has 9 nitrogen and oxygen atoms in total. The third kappa shape index (κ3) is 4.86. The van der Waals surface area contributed by atoms with Crippen LogP contribution in [0.1, 0.15) is 33.1 Å². The predicted octanol–water partition coefficient (Wildman–Crippen LogP) is 3.07. The molecule has 0 fully saturated rings. The normalized spacial score (nSPS) is 13.0. The van der Waals surface area contributed by atoms with Gasteiger partial charge in [-0.05, 0) is 22.3 Å². The fourth-order valence-electron chi connectivity index (χ4n) is 3.77. The van der Waals surface area contributed by atoms with E-state index in [9.17, 15) is 14.4 Å². The highest BCUT2D eigenvalue weighted by atomic mass is 32.1. The molecule has 1 aliphatic carbocycles. The summed E-state index contributed by atoms with van der Waals surface area (Å²) in [5.41, 5.74) is 4.43. The Balaban J connectivity index is 1.36. The van der Waals surface area contributed by atoms with E-state index in [0.717, 1.165) is 33.6 Å². The summed E-state index contributed by atoms with van der Waals surface area (Å²) >= 11 is 0.886. The van der Waals surface area contributed by atoms with Crippen LogP contribution in [0.15, 0.2) is 54.7 Å². The Morgan fingerprint density at radius 2 is 1.70 bits per heavy atom. The monoisotopic (exact) mass is 467 g/mol. The summed E-state index contributed by atoms with van der Waals surface area (Å²) in [5, 5.41) is 23.0. The number of aliphatic hydroxyl groups is 1. The van der Waals surface area contributed by atoms with Crippen LogP contribution in [0.25, 0.3) is 11.1 Å². The molecular formula is C23H21N3O6S. The van der Waals surface area contributed by atoms with E-state index in [2.05, 4.69) is 15.6 Å². The lowest BCUT2D eigenvalue weighted by Gasteiger charge is -2.14. The fourth-order valence-corrected chi connectivity index (χ4v) is 4.48. The van der Waals surface area contributed by atoms with Crippen molar-refractivity contribution in [3.63, 3.8) is 0 Å². The quantitative estimate of drug-likeness (QED) is 0.399. The number of hydrogen-bond acceptors (Lipinski definition) is 7. The topological polar surface area (TPSA) is 138 Å². The molecule has 10 heteroatoms. The Kier molecular flexibility index (Phi) is 6.66. The molecule has 0 saturated carbocycles. The van der Waals surface area contributed by atoms with Crippen LogP contribution >= 0.6 is 11.3 Å². The van der Waals surface area contributed by atoms with Crippen LogP contribution in [0.2, 0.25) is 0 Å². The van der Waals surface area contributed by atoms with E-state index < -0.39 is 24.0 Å². The van der Waals surface area contributed by atoms with Crippen LogP contribution in [0.5, 0.6) is 0 Å². The molecule has 170 valence electrons. The Hall–Kier alpha value is -3.76. The average molecular weight is 468 g/mol. The molecular weight excluding hydrogens is 446 g/mol. The van der Waals surface area contributed by atoms with Crippen LogP contribution in [0.3, 0.4) is 0 Å². The number of thiazole rings is 1. The molecule has 1 atom stereocenters. The highest BCUT2D eigenvalue weighted by Crippen LogP contribution is 2.44. The molecule has 0 bridgehead atoms. The van der Waals surface area contributed by atoms with Gasteiger partial charge in [0.1, 0.15) is 17.5 Å². The molecule has 0 saturated heterocycles. The third-order valence-corrected chi connectivity index (χ3v) is 6.21. The van der Waals surface area contributed by atoms with E-state index in [1.807, 2.05) is 48.5 Å². The first kappa shape index (κ1) is 22.4. The zero-order chi connectivity index (χ0) is 23.4.